The van der Waals surface area contributed by atoms with Crippen LogP contribution in [0.25, 0.3) is 0 Å². The molecule has 0 saturated heterocycles. The number of nitriles is 1. The fraction of sp³-hybridized carbons (Fsp3) is 0.125. The smallest absolute Gasteiger partial charge is 0.376 e. The van der Waals surface area contributed by atoms with E-state index in [0.29, 0.717) is 11.3 Å². The molecule has 24 heavy (non-hydrogen) atoms. The fourth-order valence-corrected chi connectivity index (χ4v) is 2.38. The van der Waals surface area contributed by atoms with Crippen LogP contribution in [0.3, 0.4) is 0 Å². The summed E-state index contributed by atoms with van der Waals surface area (Å²) in [5, 5.41) is 14.0. The van der Waals surface area contributed by atoms with Crippen LogP contribution in [0.1, 0.15) is 11.1 Å². The van der Waals surface area contributed by atoms with Crippen molar-refractivity contribution in [2.24, 2.45) is 0 Å². The molecule has 8 heteroatoms. The van der Waals surface area contributed by atoms with Gasteiger partial charge < -0.3 is 10.6 Å². The number of benzene rings is 2. The summed E-state index contributed by atoms with van der Waals surface area (Å²) < 4.78 is 38.4. The Kier molecular flexibility index (Phi) is 5.46. The number of nitrogens with one attached hydrogen (secondary N) is 2. The molecule has 124 valence electrons. The number of amides is 1. The van der Waals surface area contributed by atoms with Gasteiger partial charge in [0.1, 0.15) is 0 Å². The average Bonchev–Trinajstić information content (AvgIpc) is 2.53. The van der Waals surface area contributed by atoms with Crippen molar-refractivity contribution in [3.8, 4) is 6.07 Å². The van der Waals surface area contributed by atoms with Crippen molar-refractivity contribution in [1.82, 2.24) is 0 Å². The van der Waals surface area contributed by atoms with Gasteiger partial charge in [0.15, 0.2) is 0 Å². The lowest BCUT2D eigenvalue weighted by Gasteiger charge is -2.12. The minimum atomic E-state index is -4.49. The van der Waals surface area contributed by atoms with Crippen LogP contribution in [0.2, 0.25) is 0 Å². The molecular weight excluding hydrogens is 387 g/mol. The lowest BCUT2D eigenvalue weighted by molar-refractivity contribution is -0.138. The van der Waals surface area contributed by atoms with Gasteiger partial charge in [-0.05, 0) is 36.4 Å². The Morgan fingerprint density at radius 1 is 1.17 bits per heavy atom. The Bertz CT molecular complexity index is 800. The minimum absolute atomic E-state index is 0.0710. The molecule has 2 aromatic rings. The minimum Gasteiger partial charge on any atom is -0.376 e. The second kappa shape index (κ2) is 7.36. The quantitative estimate of drug-likeness (QED) is 0.803. The second-order valence-electron chi connectivity index (χ2n) is 4.79. The molecule has 0 fully saturated rings. The molecule has 0 atom stereocenters. The van der Waals surface area contributed by atoms with Crippen LogP contribution in [-0.4, -0.2) is 12.5 Å². The number of hydrogen-bond donors (Lipinski definition) is 2. The Balaban J connectivity index is 2.00. The van der Waals surface area contributed by atoms with E-state index < -0.39 is 17.6 Å². The molecule has 0 aliphatic rings. The summed E-state index contributed by atoms with van der Waals surface area (Å²) in [6.45, 7) is -0.213. The number of hydrogen-bond acceptors (Lipinski definition) is 3. The summed E-state index contributed by atoms with van der Waals surface area (Å²) in [5.74, 6) is -0.443. The number of anilines is 2. The molecule has 0 aliphatic carbocycles. The Labute approximate surface area is 144 Å². The molecule has 2 N–H and O–H groups in total. The Morgan fingerprint density at radius 3 is 2.58 bits per heavy atom. The second-order valence-corrected chi connectivity index (χ2v) is 5.64. The van der Waals surface area contributed by atoms with E-state index in [2.05, 4.69) is 26.6 Å². The Hall–Kier alpha value is -2.53. The van der Waals surface area contributed by atoms with Crippen LogP contribution in [-0.2, 0) is 11.0 Å². The first-order valence-electron chi connectivity index (χ1n) is 6.70. The van der Waals surface area contributed by atoms with Gasteiger partial charge in [0, 0.05) is 15.8 Å². The molecule has 0 saturated carbocycles. The van der Waals surface area contributed by atoms with Crippen LogP contribution < -0.4 is 10.6 Å². The van der Waals surface area contributed by atoms with E-state index in [1.54, 1.807) is 18.2 Å². The molecule has 1 amide bonds. The molecule has 0 aromatic heterocycles. The highest BCUT2D eigenvalue weighted by molar-refractivity contribution is 9.10. The normalized spacial score (nSPS) is 10.8. The number of alkyl halides is 3. The van der Waals surface area contributed by atoms with Crippen molar-refractivity contribution >= 4 is 33.2 Å². The van der Waals surface area contributed by atoms with Crippen molar-refractivity contribution < 1.29 is 18.0 Å². The maximum atomic E-state index is 12.8. The van der Waals surface area contributed by atoms with Crippen molar-refractivity contribution in [3.63, 3.8) is 0 Å². The van der Waals surface area contributed by atoms with Crippen LogP contribution >= 0.6 is 15.9 Å². The van der Waals surface area contributed by atoms with Crippen LogP contribution in [0.15, 0.2) is 46.9 Å². The van der Waals surface area contributed by atoms with E-state index in [9.17, 15) is 18.0 Å². The summed E-state index contributed by atoms with van der Waals surface area (Å²) in [4.78, 5) is 11.8. The third kappa shape index (κ3) is 4.73. The predicted octanol–water partition coefficient (Wildman–Crippen LogP) is 4.39. The van der Waals surface area contributed by atoms with Gasteiger partial charge in [-0.1, -0.05) is 22.0 Å². The maximum absolute atomic E-state index is 12.8. The highest BCUT2D eigenvalue weighted by Gasteiger charge is 2.33. The zero-order chi connectivity index (χ0) is 17.7. The van der Waals surface area contributed by atoms with E-state index in [-0.39, 0.29) is 16.7 Å². The molecule has 0 aliphatic heterocycles. The van der Waals surface area contributed by atoms with Gasteiger partial charge in [-0.2, -0.15) is 18.4 Å². The van der Waals surface area contributed by atoms with E-state index in [1.165, 1.54) is 18.2 Å². The molecule has 0 spiro atoms. The first kappa shape index (κ1) is 17.8. The van der Waals surface area contributed by atoms with Gasteiger partial charge in [0.05, 0.1) is 23.7 Å². The molecule has 2 aromatic carbocycles. The Morgan fingerprint density at radius 2 is 1.92 bits per heavy atom. The monoisotopic (exact) mass is 397 g/mol. The van der Waals surface area contributed by atoms with E-state index in [4.69, 9.17) is 5.26 Å². The average molecular weight is 398 g/mol. The van der Waals surface area contributed by atoms with Gasteiger partial charge in [0.25, 0.3) is 0 Å². The summed E-state index contributed by atoms with van der Waals surface area (Å²) in [6, 6.07) is 11.9. The third-order valence-electron chi connectivity index (χ3n) is 3.00. The summed E-state index contributed by atoms with van der Waals surface area (Å²) in [7, 11) is 0. The largest absolute Gasteiger partial charge is 0.417 e. The lowest BCUT2D eigenvalue weighted by atomic mass is 10.2. The summed E-state index contributed by atoms with van der Waals surface area (Å²) in [6.07, 6.45) is -4.49. The third-order valence-corrected chi connectivity index (χ3v) is 3.69. The molecule has 0 radical (unpaired) electrons. The SMILES string of the molecule is N#Cc1cccc(NC(=O)CNc2ccc(Br)c(C(F)(F)F)c2)c1. The van der Waals surface area contributed by atoms with Gasteiger partial charge in [-0.15, -0.1) is 0 Å². The number of carbonyl (C=O) groups is 1. The number of nitrogens with zero attached hydrogens (tertiary/aromatic N) is 1. The standard InChI is InChI=1S/C16H11BrF3N3O/c17-14-5-4-11(7-13(14)16(18,19)20)22-9-15(24)23-12-3-1-2-10(6-12)8-21/h1-7,22H,9H2,(H,23,24). The first-order valence-corrected chi connectivity index (χ1v) is 7.49. The topological polar surface area (TPSA) is 64.9 Å². The predicted molar refractivity (Wildman–Crippen MR) is 87.4 cm³/mol. The van der Waals surface area contributed by atoms with Gasteiger partial charge in [0.2, 0.25) is 5.91 Å². The molecule has 0 bridgehead atoms. The van der Waals surface area contributed by atoms with Crippen LogP contribution in [0.5, 0.6) is 0 Å². The molecular formula is C16H11BrF3N3O. The molecule has 2 rings (SSSR count). The number of rotatable bonds is 4. The van der Waals surface area contributed by atoms with Crippen molar-refractivity contribution in [1.29, 1.82) is 5.26 Å². The van der Waals surface area contributed by atoms with Gasteiger partial charge in [-0.25, -0.2) is 0 Å². The maximum Gasteiger partial charge on any atom is 0.417 e. The van der Waals surface area contributed by atoms with Crippen LogP contribution in [0, 0.1) is 11.3 Å². The summed E-state index contributed by atoms with van der Waals surface area (Å²) in [5.41, 5.74) is 0.178. The zero-order valence-corrected chi connectivity index (χ0v) is 13.7. The molecule has 0 heterocycles. The van der Waals surface area contributed by atoms with Gasteiger partial charge in [-0.3, -0.25) is 4.79 Å². The summed E-state index contributed by atoms with van der Waals surface area (Å²) >= 11 is 2.85. The van der Waals surface area contributed by atoms with E-state index in [1.807, 2.05) is 6.07 Å². The highest BCUT2D eigenvalue weighted by atomic mass is 79.9. The lowest BCUT2D eigenvalue weighted by Crippen LogP contribution is -2.22. The zero-order valence-electron chi connectivity index (χ0n) is 12.1. The van der Waals surface area contributed by atoms with Crippen molar-refractivity contribution in [2.75, 3.05) is 17.2 Å². The molecule has 4 nitrogen and oxygen atoms in total. The van der Waals surface area contributed by atoms with Crippen molar-refractivity contribution in [2.45, 2.75) is 6.18 Å². The number of carbonyl (C=O) groups excluding carboxylic acids is 1. The van der Waals surface area contributed by atoms with E-state index in [0.717, 1.165) is 6.07 Å². The fourth-order valence-electron chi connectivity index (χ4n) is 1.91. The highest BCUT2D eigenvalue weighted by Crippen LogP contribution is 2.36. The first-order chi connectivity index (χ1) is 11.3. The van der Waals surface area contributed by atoms with Crippen LogP contribution in [0.4, 0.5) is 24.5 Å². The van der Waals surface area contributed by atoms with E-state index >= 15 is 0 Å². The van der Waals surface area contributed by atoms with Gasteiger partial charge >= 0.3 is 6.18 Å². The van der Waals surface area contributed by atoms with Crippen molar-refractivity contribution in [3.05, 3.63) is 58.1 Å². The number of halogens is 4. The molecule has 0 unspecified atom stereocenters.